The number of Topliss-reactive ketones (excluding diaryl/α,β-unsaturated/α-hetero) is 1. The number of carbonyl (C=O) groups is 1. The van der Waals surface area contributed by atoms with Crippen LogP contribution in [-0.4, -0.2) is 20.0 Å². The van der Waals surface area contributed by atoms with Gasteiger partial charge in [0.05, 0.1) is 20.3 Å². The predicted molar refractivity (Wildman–Crippen MR) is 117 cm³/mol. The second kappa shape index (κ2) is 9.48. The van der Waals surface area contributed by atoms with Gasteiger partial charge < -0.3 is 14.8 Å². The number of benzene rings is 3. The molecule has 0 amide bonds. The number of carbonyl (C=O) groups excluding carboxylic acids is 1. The second-order valence-electron chi connectivity index (χ2n) is 6.81. The Hall–Kier alpha value is -2.98. The summed E-state index contributed by atoms with van der Waals surface area (Å²) >= 11 is 6.04. The molecular formula is C24H24ClNO3. The Morgan fingerprint density at radius 1 is 0.931 bits per heavy atom. The SMILES string of the molecule is COc1ccc(C(=O)CC(Nc2ccc(C)cc2)c2ccc(Cl)cc2)cc1OC. The van der Waals surface area contributed by atoms with Gasteiger partial charge >= 0.3 is 0 Å². The maximum atomic E-state index is 13.0. The molecule has 1 unspecified atom stereocenters. The quantitative estimate of drug-likeness (QED) is 0.457. The Morgan fingerprint density at radius 2 is 1.59 bits per heavy atom. The first-order valence-corrected chi connectivity index (χ1v) is 9.72. The van der Waals surface area contributed by atoms with Crippen molar-refractivity contribution < 1.29 is 14.3 Å². The zero-order valence-electron chi connectivity index (χ0n) is 16.7. The number of nitrogens with one attached hydrogen (secondary N) is 1. The van der Waals surface area contributed by atoms with E-state index in [0.717, 1.165) is 11.3 Å². The molecule has 0 aromatic heterocycles. The zero-order chi connectivity index (χ0) is 20.8. The van der Waals surface area contributed by atoms with Crippen LogP contribution >= 0.6 is 11.6 Å². The third kappa shape index (κ3) is 5.30. The van der Waals surface area contributed by atoms with Gasteiger partial charge in [0.1, 0.15) is 0 Å². The Kier molecular flexibility index (Phi) is 6.78. The summed E-state index contributed by atoms with van der Waals surface area (Å²) in [5.74, 6) is 1.13. The maximum Gasteiger partial charge on any atom is 0.165 e. The lowest BCUT2D eigenvalue weighted by Gasteiger charge is -2.20. The first-order valence-electron chi connectivity index (χ1n) is 9.34. The van der Waals surface area contributed by atoms with E-state index in [0.29, 0.717) is 22.1 Å². The number of ketones is 1. The summed E-state index contributed by atoms with van der Waals surface area (Å²) in [6.45, 7) is 2.04. The van der Waals surface area contributed by atoms with Crippen molar-refractivity contribution in [3.63, 3.8) is 0 Å². The van der Waals surface area contributed by atoms with Gasteiger partial charge in [-0.1, -0.05) is 41.4 Å². The minimum Gasteiger partial charge on any atom is -0.493 e. The molecule has 1 N–H and O–H groups in total. The number of hydrogen-bond donors (Lipinski definition) is 1. The minimum atomic E-state index is -0.199. The number of anilines is 1. The van der Waals surface area contributed by atoms with Crippen LogP contribution < -0.4 is 14.8 Å². The Labute approximate surface area is 176 Å². The number of methoxy groups -OCH3 is 2. The second-order valence-corrected chi connectivity index (χ2v) is 7.25. The molecule has 5 heteroatoms. The molecular weight excluding hydrogens is 386 g/mol. The Balaban J connectivity index is 1.86. The first-order chi connectivity index (χ1) is 14.0. The van der Waals surface area contributed by atoms with Gasteiger partial charge in [-0.25, -0.2) is 0 Å². The summed E-state index contributed by atoms with van der Waals surface area (Å²) in [4.78, 5) is 13.0. The lowest BCUT2D eigenvalue weighted by Crippen LogP contribution is -2.16. The van der Waals surface area contributed by atoms with Gasteiger partial charge in [-0.2, -0.15) is 0 Å². The van der Waals surface area contributed by atoms with Crippen molar-refractivity contribution in [3.05, 3.63) is 88.4 Å². The van der Waals surface area contributed by atoms with Crippen molar-refractivity contribution in [1.29, 1.82) is 0 Å². The van der Waals surface area contributed by atoms with E-state index in [-0.39, 0.29) is 18.2 Å². The lowest BCUT2D eigenvalue weighted by molar-refractivity contribution is 0.0976. The molecule has 1 atom stereocenters. The largest absolute Gasteiger partial charge is 0.493 e. The molecule has 0 spiro atoms. The van der Waals surface area contributed by atoms with Crippen molar-refractivity contribution in [2.24, 2.45) is 0 Å². The van der Waals surface area contributed by atoms with Crippen molar-refractivity contribution in [1.82, 2.24) is 0 Å². The molecule has 4 nitrogen and oxygen atoms in total. The molecule has 0 aliphatic rings. The van der Waals surface area contributed by atoms with E-state index in [4.69, 9.17) is 21.1 Å². The lowest BCUT2D eigenvalue weighted by atomic mass is 9.97. The molecule has 0 aliphatic carbocycles. The van der Waals surface area contributed by atoms with Gasteiger partial charge in [-0.3, -0.25) is 4.79 Å². The number of rotatable bonds is 8. The predicted octanol–water partition coefficient (Wildman–Crippen LogP) is 6.09. The van der Waals surface area contributed by atoms with E-state index in [1.54, 1.807) is 32.4 Å². The van der Waals surface area contributed by atoms with E-state index >= 15 is 0 Å². The van der Waals surface area contributed by atoms with Gasteiger partial charge in [0, 0.05) is 22.7 Å². The average Bonchev–Trinajstić information content (AvgIpc) is 2.74. The summed E-state index contributed by atoms with van der Waals surface area (Å²) in [5.41, 5.74) is 3.70. The highest BCUT2D eigenvalue weighted by molar-refractivity contribution is 6.30. The van der Waals surface area contributed by atoms with Crippen LogP contribution in [0.25, 0.3) is 0 Å². The van der Waals surface area contributed by atoms with Gasteiger partial charge in [0.15, 0.2) is 17.3 Å². The van der Waals surface area contributed by atoms with Gasteiger partial charge in [0.2, 0.25) is 0 Å². The van der Waals surface area contributed by atoms with E-state index in [9.17, 15) is 4.79 Å². The summed E-state index contributed by atoms with van der Waals surface area (Å²) in [6.07, 6.45) is 0.283. The van der Waals surface area contributed by atoms with Crippen LogP contribution in [0.4, 0.5) is 5.69 Å². The van der Waals surface area contributed by atoms with Crippen molar-refractivity contribution in [2.45, 2.75) is 19.4 Å². The standard InChI is InChI=1S/C24H24ClNO3/c1-16-4-11-20(12-5-16)26-21(17-6-9-19(25)10-7-17)15-22(27)18-8-13-23(28-2)24(14-18)29-3/h4-14,21,26H,15H2,1-3H3. The fraction of sp³-hybridized carbons (Fsp3) is 0.208. The fourth-order valence-corrected chi connectivity index (χ4v) is 3.24. The van der Waals surface area contributed by atoms with Crippen LogP contribution in [-0.2, 0) is 0 Å². The van der Waals surface area contributed by atoms with Crippen molar-refractivity contribution >= 4 is 23.1 Å². The molecule has 3 rings (SSSR count). The molecule has 0 saturated carbocycles. The molecule has 150 valence electrons. The highest BCUT2D eigenvalue weighted by Crippen LogP contribution is 2.30. The number of aryl methyl sites for hydroxylation is 1. The molecule has 3 aromatic carbocycles. The Morgan fingerprint density at radius 3 is 2.21 bits per heavy atom. The van der Waals surface area contributed by atoms with E-state index < -0.39 is 0 Å². The summed E-state index contributed by atoms with van der Waals surface area (Å²) < 4.78 is 10.6. The molecule has 0 heterocycles. The highest BCUT2D eigenvalue weighted by Gasteiger charge is 2.19. The van der Waals surface area contributed by atoms with E-state index in [1.807, 2.05) is 55.5 Å². The van der Waals surface area contributed by atoms with Crippen molar-refractivity contribution in [2.75, 3.05) is 19.5 Å². The number of ether oxygens (including phenoxy) is 2. The highest BCUT2D eigenvalue weighted by atomic mass is 35.5. The molecule has 0 bridgehead atoms. The van der Waals surface area contributed by atoms with E-state index in [2.05, 4.69) is 5.32 Å². The molecule has 29 heavy (non-hydrogen) atoms. The third-order valence-electron chi connectivity index (χ3n) is 4.76. The summed E-state index contributed by atoms with van der Waals surface area (Å²) in [6, 6.07) is 20.7. The van der Waals surface area contributed by atoms with E-state index in [1.165, 1.54) is 5.56 Å². The number of hydrogen-bond acceptors (Lipinski definition) is 4. The molecule has 0 fully saturated rings. The molecule has 3 aromatic rings. The molecule has 0 radical (unpaired) electrons. The van der Waals surface area contributed by atoms with Gasteiger partial charge in [-0.15, -0.1) is 0 Å². The molecule has 0 saturated heterocycles. The average molecular weight is 410 g/mol. The normalized spacial score (nSPS) is 11.6. The van der Waals surface area contributed by atoms with Crippen LogP contribution in [0.15, 0.2) is 66.7 Å². The third-order valence-corrected chi connectivity index (χ3v) is 5.01. The monoisotopic (exact) mass is 409 g/mol. The van der Waals surface area contributed by atoms with Gasteiger partial charge in [0.25, 0.3) is 0 Å². The van der Waals surface area contributed by atoms with Crippen LogP contribution in [0.1, 0.15) is 33.9 Å². The van der Waals surface area contributed by atoms with Gasteiger partial charge in [-0.05, 0) is 55.0 Å². The molecule has 0 aliphatic heterocycles. The van der Waals surface area contributed by atoms with Crippen LogP contribution in [0.2, 0.25) is 5.02 Å². The number of halogens is 1. The van der Waals surface area contributed by atoms with Crippen LogP contribution in [0.3, 0.4) is 0 Å². The fourth-order valence-electron chi connectivity index (χ4n) is 3.11. The first kappa shape index (κ1) is 20.7. The summed E-state index contributed by atoms with van der Waals surface area (Å²) in [7, 11) is 3.13. The maximum absolute atomic E-state index is 13.0. The summed E-state index contributed by atoms with van der Waals surface area (Å²) in [5, 5.41) is 4.14. The van der Waals surface area contributed by atoms with Crippen molar-refractivity contribution in [3.8, 4) is 11.5 Å². The van der Waals surface area contributed by atoms with Crippen LogP contribution in [0.5, 0.6) is 11.5 Å². The minimum absolute atomic E-state index is 0.00511. The topological polar surface area (TPSA) is 47.6 Å². The zero-order valence-corrected chi connectivity index (χ0v) is 17.5. The Bertz CT molecular complexity index is 968. The van der Waals surface area contributed by atoms with Crippen LogP contribution in [0, 0.1) is 6.92 Å². The smallest absolute Gasteiger partial charge is 0.165 e.